The van der Waals surface area contributed by atoms with E-state index in [2.05, 4.69) is 16.3 Å². The van der Waals surface area contributed by atoms with Gasteiger partial charge in [-0.3, -0.25) is 23.9 Å². The van der Waals surface area contributed by atoms with Crippen molar-refractivity contribution in [1.82, 2.24) is 14.6 Å². The summed E-state index contributed by atoms with van der Waals surface area (Å²) in [6.07, 6.45) is 4.22. The van der Waals surface area contributed by atoms with E-state index in [9.17, 15) is 32.7 Å². The maximum Gasteiger partial charge on any atom is 0.306 e. The molecule has 6 atom stereocenters. The number of esters is 1. The Hall–Kier alpha value is -3.84. The SMILES string of the molecule is C=C[C@@H]1C[C@]1(CC(=O)[C@@H]1C[C@@H]2CN1C(=O)[C@H](C(C)(C)C)CC(=O)OCCCC[C@@H](O)c1ccc3ccnc(c3c1)O2)C(=O)NS(=O)(=O)C1CC1. The Balaban J connectivity index is 1.33. The van der Waals surface area contributed by atoms with Crippen LogP contribution < -0.4 is 9.46 Å². The average molecular weight is 710 g/mol. The van der Waals surface area contributed by atoms with Gasteiger partial charge in [-0.05, 0) is 72.9 Å². The first-order valence-electron chi connectivity index (χ1n) is 17.5. The molecule has 3 heterocycles. The first-order chi connectivity index (χ1) is 23.6. The van der Waals surface area contributed by atoms with Crippen LogP contribution in [0, 0.1) is 22.7 Å². The number of ether oxygens (including phenoxy) is 2. The number of fused-ring (bicyclic) bond motifs is 3. The number of benzene rings is 1. The number of rotatable bonds is 7. The zero-order valence-corrected chi connectivity index (χ0v) is 29.7. The summed E-state index contributed by atoms with van der Waals surface area (Å²) >= 11 is 0. The van der Waals surface area contributed by atoms with Crippen LogP contribution in [0.5, 0.6) is 5.88 Å². The first kappa shape index (κ1) is 36.0. The van der Waals surface area contributed by atoms with Crippen molar-refractivity contribution < 1.29 is 42.2 Å². The van der Waals surface area contributed by atoms with Gasteiger partial charge in [0, 0.05) is 24.4 Å². The van der Waals surface area contributed by atoms with E-state index < -0.39 is 79.8 Å². The third kappa shape index (κ3) is 7.44. The van der Waals surface area contributed by atoms with E-state index in [-0.39, 0.29) is 38.8 Å². The Morgan fingerprint density at radius 3 is 2.60 bits per heavy atom. The largest absolute Gasteiger partial charge is 0.472 e. The molecular formula is C37H47N3O9S. The number of Topliss-reactive ketones (excluding diaryl/α,β-unsaturated/α-hetero) is 1. The van der Waals surface area contributed by atoms with Gasteiger partial charge in [-0.15, -0.1) is 6.58 Å². The molecule has 1 aromatic heterocycles. The molecule has 13 heteroatoms. The first-order valence-corrected chi connectivity index (χ1v) is 19.1. The molecule has 12 nitrogen and oxygen atoms in total. The predicted octanol–water partition coefficient (Wildman–Crippen LogP) is 4.16. The number of pyridine rings is 1. The van der Waals surface area contributed by atoms with Crippen LogP contribution >= 0.6 is 0 Å². The molecule has 1 aromatic carbocycles. The number of allylic oxidation sites excluding steroid dienone is 1. The molecule has 1 saturated heterocycles. The number of nitrogens with zero attached hydrogens (tertiary/aromatic N) is 2. The molecule has 3 fully saturated rings. The van der Waals surface area contributed by atoms with E-state index in [4.69, 9.17) is 9.47 Å². The molecule has 2 saturated carbocycles. The van der Waals surface area contributed by atoms with E-state index in [1.165, 1.54) is 4.90 Å². The highest BCUT2D eigenvalue weighted by Crippen LogP contribution is 2.57. The number of nitrogens with one attached hydrogen (secondary N) is 1. The Morgan fingerprint density at radius 2 is 1.92 bits per heavy atom. The summed E-state index contributed by atoms with van der Waals surface area (Å²) in [7, 11) is -3.85. The molecule has 4 aliphatic rings. The summed E-state index contributed by atoms with van der Waals surface area (Å²) in [4.78, 5) is 61.3. The standard InChI is InChI=1S/C37H47N3O9S/c1-5-24-19-37(24,35(45)39-50(46,47)26-11-12-26)20-31(42)29-17-25-21-40(29)34(44)28(36(2,3)4)18-32(43)48-15-7-6-8-30(41)23-10-9-22-13-14-38-33(49-25)27(22)16-23/h5,9-10,13-14,16,24-26,28-30,41H,1,6-8,11-12,15,17-21H2,2-4H3,(H,39,45)/t24-,25-,28-,29+,30-,37-/m1/s1. The second-order valence-corrected chi connectivity index (χ2v) is 17.4. The van der Waals surface area contributed by atoms with Crippen molar-refractivity contribution in [3.63, 3.8) is 0 Å². The van der Waals surface area contributed by atoms with E-state index in [0.717, 1.165) is 5.39 Å². The summed E-state index contributed by atoms with van der Waals surface area (Å²) < 4.78 is 39.6. The lowest BCUT2D eigenvalue weighted by molar-refractivity contribution is -0.153. The lowest BCUT2D eigenvalue weighted by Crippen LogP contribution is -2.48. The van der Waals surface area contributed by atoms with Crippen molar-refractivity contribution in [2.24, 2.45) is 22.7 Å². The van der Waals surface area contributed by atoms with Crippen LogP contribution in [-0.4, -0.2) is 77.5 Å². The molecule has 50 heavy (non-hydrogen) atoms. The molecule has 2 amide bonds. The van der Waals surface area contributed by atoms with E-state index in [0.29, 0.717) is 48.9 Å². The van der Waals surface area contributed by atoms with Gasteiger partial charge < -0.3 is 19.5 Å². The fourth-order valence-corrected chi connectivity index (χ4v) is 8.73. The Kier molecular flexibility index (Phi) is 9.86. The van der Waals surface area contributed by atoms with Crippen LogP contribution in [-0.2, 0) is 33.9 Å². The van der Waals surface area contributed by atoms with Crippen LogP contribution in [0.2, 0.25) is 0 Å². The lowest BCUT2D eigenvalue weighted by atomic mass is 9.77. The molecule has 6 rings (SSSR count). The Labute approximate surface area is 293 Å². The Bertz CT molecular complexity index is 1800. The summed E-state index contributed by atoms with van der Waals surface area (Å²) in [6, 6.07) is 6.40. The fraction of sp³-hybridized carbons (Fsp3) is 0.595. The summed E-state index contributed by atoms with van der Waals surface area (Å²) in [6.45, 7) is 9.54. The predicted molar refractivity (Wildman–Crippen MR) is 184 cm³/mol. The molecule has 2 N–H and O–H groups in total. The molecule has 2 aliphatic carbocycles. The summed E-state index contributed by atoms with van der Waals surface area (Å²) in [5, 5.41) is 11.9. The number of hydrogen-bond acceptors (Lipinski definition) is 10. The van der Waals surface area contributed by atoms with E-state index >= 15 is 0 Å². The quantitative estimate of drug-likeness (QED) is 0.315. The van der Waals surface area contributed by atoms with Gasteiger partial charge in [0.25, 0.3) is 0 Å². The van der Waals surface area contributed by atoms with Gasteiger partial charge in [0.05, 0.1) is 48.3 Å². The van der Waals surface area contributed by atoms with Gasteiger partial charge in [-0.25, -0.2) is 13.4 Å². The average Bonchev–Trinajstić information content (AvgIpc) is 3.99. The topological polar surface area (TPSA) is 169 Å². The summed E-state index contributed by atoms with van der Waals surface area (Å²) in [5.74, 6) is -2.98. The van der Waals surface area contributed by atoms with Gasteiger partial charge in [-0.1, -0.05) is 39.0 Å². The van der Waals surface area contributed by atoms with E-state index in [1.54, 1.807) is 12.3 Å². The molecule has 4 bridgehead atoms. The number of sulfonamides is 1. The number of carbonyl (C=O) groups is 4. The van der Waals surface area contributed by atoms with Gasteiger partial charge >= 0.3 is 5.97 Å². The molecule has 0 unspecified atom stereocenters. The second kappa shape index (κ2) is 13.7. The number of hydrogen-bond donors (Lipinski definition) is 2. The van der Waals surface area contributed by atoms with Crippen LogP contribution in [0.15, 0.2) is 43.1 Å². The molecule has 2 aliphatic heterocycles. The number of amides is 2. The second-order valence-electron chi connectivity index (χ2n) is 15.5. The number of aliphatic hydroxyl groups excluding tert-OH is 1. The number of aliphatic hydroxyl groups is 1. The maximum absolute atomic E-state index is 14.5. The molecule has 270 valence electrons. The van der Waals surface area contributed by atoms with Crippen molar-refractivity contribution in [2.45, 2.75) is 102 Å². The van der Waals surface area contributed by atoms with Crippen LogP contribution in [0.4, 0.5) is 0 Å². The third-order valence-electron chi connectivity index (χ3n) is 10.7. The van der Waals surface area contributed by atoms with Gasteiger partial charge in [0.15, 0.2) is 5.78 Å². The fourth-order valence-electron chi connectivity index (χ4n) is 7.34. The molecular weight excluding hydrogens is 662 g/mol. The highest BCUT2D eigenvalue weighted by Gasteiger charge is 2.61. The molecule has 2 aromatic rings. The van der Waals surface area contributed by atoms with E-state index in [1.807, 2.05) is 45.0 Å². The van der Waals surface area contributed by atoms with Crippen LogP contribution in [0.1, 0.15) is 90.2 Å². The number of carbonyl (C=O) groups excluding carboxylic acids is 4. The van der Waals surface area contributed by atoms with Crippen molar-refractivity contribution in [3.05, 3.63) is 48.7 Å². The third-order valence-corrected chi connectivity index (χ3v) is 12.6. The zero-order valence-electron chi connectivity index (χ0n) is 28.9. The lowest BCUT2D eigenvalue weighted by Gasteiger charge is -2.34. The van der Waals surface area contributed by atoms with Crippen LogP contribution in [0.3, 0.4) is 0 Å². The van der Waals surface area contributed by atoms with Gasteiger partial charge in [-0.2, -0.15) is 0 Å². The number of ketones is 1. The molecule has 0 radical (unpaired) electrons. The summed E-state index contributed by atoms with van der Waals surface area (Å²) in [5.41, 5.74) is -1.28. The number of cyclic esters (lactones) is 1. The monoisotopic (exact) mass is 709 g/mol. The van der Waals surface area contributed by atoms with Crippen molar-refractivity contribution in [2.75, 3.05) is 13.2 Å². The minimum atomic E-state index is -3.85. The highest BCUT2D eigenvalue weighted by atomic mass is 32.2. The van der Waals surface area contributed by atoms with Crippen molar-refractivity contribution in [3.8, 4) is 5.88 Å². The van der Waals surface area contributed by atoms with Gasteiger partial charge in [0.1, 0.15) is 6.10 Å². The normalized spacial score (nSPS) is 29.4. The van der Waals surface area contributed by atoms with Crippen molar-refractivity contribution >= 4 is 44.4 Å². The van der Waals surface area contributed by atoms with Gasteiger partial charge in [0.2, 0.25) is 27.7 Å². The highest BCUT2D eigenvalue weighted by molar-refractivity contribution is 7.90. The zero-order chi connectivity index (χ0) is 36.0. The minimum Gasteiger partial charge on any atom is -0.472 e. The van der Waals surface area contributed by atoms with Crippen LogP contribution in [0.25, 0.3) is 10.8 Å². The Morgan fingerprint density at radius 1 is 1.16 bits per heavy atom. The maximum atomic E-state index is 14.5. The molecule has 0 spiro atoms. The number of aromatic nitrogens is 1. The van der Waals surface area contributed by atoms with Crippen molar-refractivity contribution in [1.29, 1.82) is 0 Å². The smallest absolute Gasteiger partial charge is 0.306 e. The minimum absolute atomic E-state index is 0.0252.